The van der Waals surface area contributed by atoms with Crippen LogP contribution in [0, 0.1) is 0 Å². The zero-order chi connectivity index (χ0) is 9.40. The Bertz CT molecular complexity index is 123. The molecule has 3 heteroatoms. The minimum Gasteiger partial charge on any atom is -0.370 e. The molecule has 1 atom stereocenters. The fourth-order valence-electron chi connectivity index (χ4n) is 1.09. The van der Waals surface area contributed by atoms with E-state index in [1.807, 2.05) is 0 Å². The van der Waals surface area contributed by atoms with Crippen molar-refractivity contribution in [2.45, 2.75) is 45.1 Å². The number of carbonyl (C=O) groups is 1. The topological polar surface area (TPSA) is 46.2 Å². The van der Waals surface area contributed by atoms with E-state index in [2.05, 4.69) is 6.92 Å². The molecular formula is C9H17O3. The van der Waals surface area contributed by atoms with Crippen molar-refractivity contribution in [1.82, 2.24) is 0 Å². The predicted molar refractivity (Wildman–Crippen MR) is 45.2 cm³/mol. The van der Waals surface area contributed by atoms with Crippen molar-refractivity contribution in [3.8, 4) is 0 Å². The molecule has 0 aromatic carbocycles. The van der Waals surface area contributed by atoms with Crippen LogP contribution in [0.1, 0.15) is 39.0 Å². The number of ether oxygens (including phenoxy) is 1. The number of methoxy groups -OCH3 is 1. The number of unbranched alkanes of at least 4 members (excludes halogenated alkanes) is 3. The average molecular weight is 173 g/mol. The molecule has 0 amide bonds. The van der Waals surface area contributed by atoms with Crippen LogP contribution in [-0.2, 0) is 14.6 Å². The molecule has 0 aliphatic rings. The molecule has 0 N–H and O–H groups in total. The summed E-state index contributed by atoms with van der Waals surface area (Å²) >= 11 is 0. The standard InChI is InChI=1S/C9H17O3/c1-3-4-5-6-7-8(12-2)9(10)11/h8H,3-7H2,1-2H3. The van der Waals surface area contributed by atoms with Crippen LogP contribution >= 0.6 is 0 Å². The normalized spacial score (nSPS) is 12.8. The first-order chi connectivity index (χ1) is 5.72. The molecule has 0 aromatic rings. The largest absolute Gasteiger partial charge is 0.383 e. The number of rotatable bonds is 7. The highest BCUT2D eigenvalue weighted by molar-refractivity contribution is 5.71. The third-order valence-corrected chi connectivity index (χ3v) is 1.87. The predicted octanol–water partition coefficient (Wildman–Crippen LogP) is 1.93. The van der Waals surface area contributed by atoms with Gasteiger partial charge in [-0.25, -0.2) is 9.90 Å². The van der Waals surface area contributed by atoms with E-state index in [0.717, 1.165) is 25.7 Å². The molecule has 12 heavy (non-hydrogen) atoms. The molecular weight excluding hydrogens is 156 g/mol. The van der Waals surface area contributed by atoms with Crippen molar-refractivity contribution < 1.29 is 14.6 Å². The monoisotopic (exact) mass is 173 g/mol. The lowest BCUT2D eigenvalue weighted by molar-refractivity contribution is -0.155. The molecule has 0 spiro atoms. The highest BCUT2D eigenvalue weighted by atomic mass is 16.5. The van der Waals surface area contributed by atoms with Gasteiger partial charge in [-0.05, 0) is 6.42 Å². The molecule has 0 bridgehead atoms. The van der Waals surface area contributed by atoms with Crippen LogP contribution in [0.3, 0.4) is 0 Å². The Labute approximate surface area is 73.7 Å². The van der Waals surface area contributed by atoms with Crippen molar-refractivity contribution in [2.75, 3.05) is 7.11 Å². The second-order valence-electron chi connectivity index (χ2n) is 2.89. The number of carbonyl (C=O) groups excluding carboxylic acids is 1. The van der Waals surface area contributed by atoms with Gasteiger partial charge >= 0.3 is 5.97 Å². The van der Waals surface area contributed by atoms with Gasteiger partial charge in [-0.2, -0.15) is 0 Å². The van der Waals surface area contributed by atoms with E-state index in [-0.39, 0.29) is 0 Å². The molecule has 0 aliphatic carbocycles. The van der Waals surface area contributed by atoms with E-state index in [1.54, 1.807) is 0 Å². The molecule has 0 heterocycles. The van der Waals surface area contributed by atoms with Crippen molar-refractivity contribution in [3.63, 3.8) is 0 Å². The molecule has 0 fully saturated rings. The summed E-state index contributed by atoms with van der Waals surface area (Å²) in [6.45, 7) is 2.12. The first kappa shape index (κ1) is 11.4. The Morgan fingerprint density at radius 3 is 2.42 bits per heavy atom. The Morgan fingerprint density at radius 2 is 2.00 bits per heavy atom. The smallest absolute Gasteiger partial charge is 0.370 e. The van der Waals surface area contributed by atoms with Crippen molar-refractivity contribution in [1.29, 1.82) is 0 Å². The van der Waals surface area contributed by atoms with Crippen LogP contribution in [0.15, 0.2) is 0 Å². The third-order valence-electron chi connectivity index (χ3n) is 1.87. The summed E-state index contributed by atoms with van der Waals surface area (Å²) in [7, 11) is 1.40. The van der Waals surface area contributed by atoms with Crippen molar-refractivity contribution >= 4 is 5.97 Å². The van der Waals surface area contributed by atoms with E-state index in [4.69, 9.17) is 4.74 Å². The Kier molecular flexibility index (Phi) is 6.76. The van der Waals surface area contributed by atoms with Gasteiger partial charge in [-0.3, -0.25) is 0 Å². The van der Waals surface area contributed by atoms with Crippen LogP contribution in [-0.4, -0.2) is 19.2 Å². The Morgan fingerprint density at radius 1 is 1.33 bits per heavy atom. The third kappa shape index (κ3) is 5.13. The molecule has 1 unspecified atom stereocenters. The quantitative estimate of drug-likeness (QED) is 0.552. The van der Waals surface area contributed by atoms with Crippen molar-refractivity contribution in [2.24, 2.45) is 0 Å². The zero-order valence-electron chi connectivity index (χ0n) is 7.84. The minimum absolute atomic E-state index is 0.568. The summed E-state index contributed by atoms with van der Waals surface area (Å²) in [4.78, 5) is 10.4. The molecule has 1 radical (unpaired) electrons. The van der Waals surface area contributed by atoms with E-state index >= 15 is 0 Å². The fourth-order valence-corrected chi connectivity index (χ4v) is 1.09. The van der Waals surface area contributed by atoms with Gasteiger partial charge in [0.15, 0.2) is 6.10 Å². The number of hydrogen-bond donors (Lipinski definition) is 0. The van der Waals surface area contributed by atoms with E-state index in [1.165, 1.54) is 7.11 Å². The summed E-state index contributed by atoms with van der Waals surface area (Å²) in [5, 5.41) is 10.4. The second kappa shape index (κ2) is 7.10. The minimum atomic E-state index is -1.10. The SMILES string of the molecule is CCCCCCC(OC)C([O])=O. The molecule has 0 saturated heterocycles. The first-order valence-electron chi connectivity index (χ1n) is 4.46. The Hall–Kier alpha value is -0.570. The molecule has 0 aliphatic heterocycles. The molecule has 3 nitrogen and oxygen atoms in total. The molecule has 71 valence electrons. The van der Waals surface area contributed by atoms with Gasteiger partial charge in [0.05, 0.1) is 0 Å². The van der Waals surface area contributed by atoms with Crippen LogP contribution in [0.2, 0.25) is 0 Å². The summed E-state index contributed by atoms with van der Waals surface area (Å²) < 4.78 is 4.73. The number of hydrogen-bond acceptors (Lipinski definition) is 2. The van der Waals surface area contributed by atoms with Gasteiger partial charge in [-0.1, -0.05) is 32.6 Å². The van der Waals surface area contributed by atoms with Gasteiger partial charge in [-0.15, -0.1) is 0 Å². The fraction of sp³-hybridized carbons (Fsp3) is 0.889. The molecule has 0 saturated carbocycles. The Balaban J connectivity index is 3.38. The summed E-state index contributed by atoms with van der Waals surface area (Å²) in [6, 6.07) is 0. The lowest BCUT2D eigenvalue weighted by Gasteiger charge is -2.07. The van der Waals surface area contributed by atoms with Gasteiger partial charge in [0.1, 0.15) is 0 Å². The van der Waals surface area contributed by atoms with E-state index in [9.17, 15) is 9.90 Å². The van der Waals surface area contributed by atoms with Crippen LogP contribution in [0.25, 0.3) is 0 Å². The van der Waals surface area contributed by atoms with E-state index in [0.29, 0.717) is 6.42 Å². The summed E-state index contributed by atoms with van der Waals surface area (Å²) in [6.07, 6.45) is 4.14. The van der Waals surface area contributed by atoms with Crippen LogP contribution in [0.5, 0.6) is 0 Å². The average Bonchev–Trinajstić information content (AvgIpc) is 2.04. The first-order valence-corrected chi connectivity index (χ1v) is 4.46. The summed E-state index contributed by atoms with van der Waals surface area (Å²) in [5.41, 5.74) is 0. The van der Waals surface area contributed by atoms with Crippen LogP contribution in [0.4, 0.5) is 0 Å². The maximum absolute atomic E-state index is 10.4. The van der Waals surface area contributed by atoms with Crippen LogP contribution < -0.4 is 0 Å². The highest BCUT2D eigenvalue weighted by Gasteiger charge is 2.16. The van der Waals surface area contributed by atoms with Gasteiger partial charge in [0.25, 0.3) is 0 Å². The summed E-state index contributed by atoms with van der Waals surface area (Å²) in [5.74, 6) is -1.10. The zero-order valence-corrected chi connectivity index (χ0v) is 7.84. The van der Waals surface area contributed by atoms with Crippen molar-refractivity contribution in [3.05, 3.63) is 0 Å². The molecule has 0 aromatic heterocycles. The van der Waals surface area contributed by atoms with Gasteiger partial charge in [0.2, 0.25) is 0 Å². The van der Waals surface area contributed by atoms with Gasteiger partial charge in [0, 0.05) is 7.11 Å². The maximum atomic E-state index is 10.4. The lowest BCUT2D eigenvalue weighted by atomic mass is 10.1. The lowest BCUT2D eigenvalue weighted by Crippen LogP contribution is -2.20. The molecule has 0 rings (SSSR count). The highest BCUT2D eigenvalue weighted by Crippen LogP contribution is 2.07. The maximum Gasteiger partial charge on any atom is 0.383 e. The second-order valence-corrected chi connectivity index (χ2v) is 2.89. The van der Waals surface area contributed by atoms with Gasteiger partial charge < -0.3 is 4.74 Å². The van der Waals surface area contributed by atoms with E-state index < -0.39 is 12.1 Å².